The number of hydrogen-bond acceptors (Lipinski definition) is 2. The van der Waals surface area contributed by atoms with Gasteiger partial charge in [-0.15, -0.1) is 0 Å². The fourth-order valence-corrected chi connectivity index (χ4v) is 1.92. The van der Waals surface area contributed by atoms with Crippen LogP contribution in [0.3, 0.4) is 0 Å². The lowest BCUT2D eigenvalue weighted by atomic mass is 9.95. The van der Waals surface area contributed by atoms with Crippen molar-refractivity contribution < 1.29 is 9.59 Å². The van der Waals surface area contributed by atoms with Crippen LogP contribution in [0.4, 0.5) is 0 Å². The van der Waals surface area contributed by atoms with E-state index in [4.69, 9.17) is 0 Å². The summed E-state index contributed by atoms with van der Waals surface area (Å²) in [4.78, 5) is 24.0. The lowest BCUT2D eigenvalue weighted by Gasteiger charge is -2.23. The molecule has 116 valence electrons. The summed E-state index contributed by atoms with van der Waals surface area (Å²) in [6.45, 7) is 9.05. The van der Waals surface area contributed by atoms with Crippen molar-refractivity contribution in [3.8, 4) is 0 Å². The Morgan fingerprint density at radius 2 is 1.57 bits per heavy atom. The van der Waals surface area contributed by atoms with E-state index in [0.717, 1.165) is 10.0 Å². The second kappa shape index (κ2) is 7.07. The Bertz CT molecular complexity index is 506. The molecule has 4 nitrogen and oxygen atoms in total. The van der Waals surface area contributed by atoms with E-state index < -0.39 is 11.5 Å². The molecule has 2 amide bonds. The van der Waals surface area contributed by atoms with E-state index in [9.17, 15) is 9.59 Å². The highest BCUT2D eigenvalue weighted by Gasteiger charge is 2.25. The number of nitrogens with one attached hydrogen (secondary N) is 2. The molecule has 2 unspecified atom stereocenters. The number of amides is 2. The molecule has 1 aromatic carbocycles. The summed E-state index contributed by atoms with van der Waals surface area (Å²) in [6.07, 6.45) is 0. The first kappa shape index (κ1) is 17.7. The highest BCUT2D eigenvalue weighted by atomic mass is 79.9. The van der Waals surface area contributed by atoms with E-state index in [2.05, 4.69) is 26.6 Å². The van der Waals surface area contributed by atoms with Crippen molar-refractivity contribution in [2.45, 2.75) is 46.7 Å². The predicted octanol–water partition coefficient (Wildman–Crippen LogP) is 3.18. The minimum atomic E-state index is -0.561. The molecule has 1 aromatic rings. The predicted molar refractivity (Wildman–Crippen MR) is 87.8 cm³/mol. The summed E-state index contributed by atoms with van der Waals surface area (Å²) in [7, 11) is 0. The Labute approximate surface area is 134 Å². The fraction of sp³-hybridized carbons (Fsp3) is 0.500. The van der Waals surface area contributed by atoms with Gasteiger partial charge in [-0.25, -0.2) is 0 Å². The lowest BCUT2D eigenvalue weighted by Crippen LogP contribution is -2.48. The van der Waals surface area contributed by atoms with Gasteiger partial charge < -0.3 is 10.6 Å². The molecule has 0 aromatic heterocycles. The van der Waals surface area contributed by atoms with Gasteiger partial charge in [0, 0.05) is 9.89 Å². The zero-order chi connectivity index (χ0) is 16.2. The number of carbonyl (C=O) groups is 2. The van der Waals surface area contributed by atoms with Gasteiger partial charge in [0.15, 0.2) is 0 Å². The van der Waals surface area contributed by atoms with Crippen molar-refractivity contribution in [3.63, 3.8) is 0 Å². The van der Waals surface area contributed by atoms with Crippen molar-refractivity contribution in [1.29, 1.82) is 0 Å². The quantitative estimate of drug-likeness (QED) is 0.872. The molecule has 0 aliphatic rings. The average Bonchev–Trinajstić information content (AvgIpc) is 2.37. The Hall–Kier alpha value is -1.36. The normalized spacial score (nSPS) is 14.2. The van der Waals surface area contributed by atoms with Crippen LogP contribution in [-0.2, 0) is 9.59 Å². The molecular weight excluding hydrogens is 332 g/mol. The van der Waals surface area contributed by atoms with Gasteiger partial charge in [0.05, 0.1) is 6.04 Å². The topological polar surface area (TPSA) is 58.2 Å². The third-order valence-electron chi connectivity index (χ3n) is 3.15. The van der Waals surface area contributed by atoms with Crippen LogP contribution < -0.4 is 10.6 Å². The number of rotatable bonds is 4. The van der Waals surface area contributed by atoms with Crippen LogP contribution in [-0.4, -0.2) is 17.9 Å². The fourth-order valence-electron chi connectivity index (χ4n) is 1.65. The molecule has 0 saturated carbocycles. The molecule has 0 heterocycles. The Balaban J connectivity index is 2.60. The van der Waals surface area contributed by atoms with Gasteiger partial charge in [0.25, 0.3) is 0 Å². The first-order chi connectivity index (χ1) is 9.61. The van der Waals surface area contributed by atoms with Crippen LogP contribution in [0, 0.1) is 5.41 Å². The monoisotopic (exact) mass is 354 g/mol. The summed E-state index contributed by atoms with van der Waals surface area (Å²) < 4.78 is 0.996. The van der Waals surface area contributed by atoms with Crippen LogP contribution >= 0.6 is 15.9 Å². The summed E-state index contributed by atoms with van der Waals surface area (Å²) in [5.74, 6) is -0.329. The maximum absolute atomic E-state index is 12.1. The molecule has 5 heteroatoms. The van der Waals surface area contributed by atoms with Gasteiger partial charge in [-0.2, -0.15) is 0 Å². The first-order valence-corrected chi connectivity index (χ1v) is 7.77. The Kier molecular flexibility index (Phi) is 5.96. The van der Waals surface area contributed by atoms with Crippen molar-refractivity contribution in [3.05, 3.63) is 34.3 Å². The van der Waals surface area contributed by atoms with E-state index >= 15 is 0 Å². The second-order valence-electron chi connectivity index (χ2n) is 6.23. The molecule has 0 bridgehead atoms. The highest BCUT2D eigenvalue weighted by Crippen LogP contribution is 2.17. The Morgan fingerprint density at radius 3 is 2.05 bits per heavy atom. The van der Waals surface area contributed by atoms with Gasteiger partial charge in [-0.3, -0.25) is 9.59 Å². The van der Waals surface area contributed by atoms with Crippen molar-refractivity contribution in [1.82, 2.24) is 10.6 Å². The van der Waals surface area contributed by atoms with Crippen LogP contribution in [0.5, 0.6) is 0 Å². The molecule has 0 aliphatic carbocycles. The molecule has 0 saturated heterocycles. The average molecular weight is 355 g/mol. The van der Waals surface area contributed by atoms with Gasteiger partial charge in [-0.1, -0.05) is 48.8 Å². The number of benzene rings is 1. The number of carbonyl (C=O) groups excluding carboxylic acids is 2. The van der Waals surface area contributed by atoms with Gasteiger partial charge in [0.2, 0.25) is 11.8 Å². The van der Waals surface area contributed by atoms with Crippen LogP contribution in [0.1, 0.15) is 46.2 Å². The van der Waals surface area contributed by atoms with Crippen LogP contribution in [0.25, 0.3) is 0 Å². The molecular formula is C16H23BrN2O2. The van der Waals surface area contributed by atoms with Crippen molar-refractivity contribution in [2.75, 3.05) is 0 Å². The van der Waals surface area contributed by atoms with E-state index in [-0.39, 0.29) is 17.9 Å². The molecule has 21 heavy (non-hydrogen) atoms. The SMILES string of the molecule is CC(NC(=O)C(C)(C)C)C(=O)NC(C)c1ccc(Br)cc1. The maximum atomic E-state index is 12.1. The summed E-state index contributed by atoms with van der Waals surface area (Å²) in [6, 6.07) is 7.10. The van der Waals surface area contributed by atoms with Gasteiger partial charge in [-0.05, 0) is 31.5 Å². The second-order valence-corrected chi connectivity index (χ2v) is 7.14. The minimum Gasteiger partial charge on any atom is -0.348 e. The van der Waals surface area contributed by atoms with E-state index in [0.29, 0.717) is 0 Å². The van der Waals surface area contributed by atoms with Crippen LogP contribution in [0.15, 0.2) is 28.7 Å². The van der Waals surface area contributed by atoms with E-state index in [1.54, 1.807) is 6.92 Å². The van der Waals surface area contributed by atoms with Gasteiger partial charge >= 0.3 is 0 Å². The van der Waals surface area contributed by atoms with Crippen molar-refractivity contribution in [2.24, 2.45) is 5.41 Å². The minimum absolute atomic E-state index is 0.111. The zero-order valence-electron chi connectivity index (χ0n) is 13.2. The third kappa shape index (κ3) is 5.50. The summed E-state index contributed by atoms with van der Waals surface area (Å²) in [5.41, 5.74) is 0.507. The molecule has 0 spiro atoms. The molecule has 0 fully saturated rings. The lowest BCUT2D eigenvalue weighted by molar-refractivity contribution is -0.133. The standard InChI is InChI=1S/C16H23BrN2O2/c1-10(12-6-8-13(17)9-7-12)18-14(20)11(2)19-15(21)16(3,4)5/h6-11H,1-5H3,(H,18,20)(H,19,21). The molecule has 1 rings (SSSR count). The third-order valence-corrected chi connectivity index (χ3v) is 3.68. The van der Waals surface area contributed by atoms with Crippen LogP contribution in [0.2, 0.25) is 0 Å². The highest BCUT2D eigenvalue weighted by molar-refractivity contribution is 9.10. The summed E-state index contributed by atoms with van der Waals surface area (Å²) in [5, 5.41) is 5.63. The summed E-state index contributed by atoms with van der Waals surface area (Å²) >= 11 is 3.38. The molecule has 2 N–H and O–H groups in total. The number of hydrogen-bond donors (Lipinski definition) is 2. The van der Waals surface area contributed by atoms with Crippen molar-refractivity contribution >= 4 is 27.7 Å². The largest absolute Gasteiger partial charge is 0.348 e. The van der Waals surface area contributed by atoms with E-state index in [1.807, 2.05) is 52.0 Å². The smallest absolute Gasteiger partial charge is 0.242 e. The first-order valence-electron chi connectivity index (χ1n) is 6.98. The molecule has 0 aliphatic heterocycles. The maximum Gasteiger partial charge on any atom is 0.242 e. The molecule has 2 atom stereocenters. The number of halogens is 1. The zero-order valence-corrected chi connectivity index (χ0v) is 14.7. The van der Waals surface area contributed by atoms with E-state index in [1.165, 1.54) is 0 Å². The molecule has 0 radical (unpaired) electrons. The Morgan fingerprint density at radius 1 is 1.05 bits per heavy atom. The van der Waals surface area contributed by atoms with Gasteiger partial charge in [0.1, 0.15) is 6.04 Å².